The van der Waals surface area contributed by atoms with Crippen molar-refractivity contribution in [3.8, 4) is 0 Å². The Labute approximate surface area is 91.7 Å². The predicted octanol–water partition coefficient (Wildman–Crippen LogP) is 0.772. The first-order valence-electron chi connectivity index (χ1n) is 5.53. The zero-order chi connectivity index (χ0) is 11.0. The zero-order valence-electron chi connectivity index (χ0n) is 8.81. The molecule has 0 saturated heterocycles. The fraction of sp³-hybridized carbons (Fsp3) is 0.500. The molecule has 2 aromatic rings. The average Bonchev–Trinajstić information content (AvgIpc) is 2.90. The molecule has 1 aliphatic rings. The molecule has 1 aliphatic carbocycles. The molecule has 6 heteroatoms. The van der Waals surface area contributed by atoms with E-state index in [4.69, 9.17) is 0 Å². The monoisotopic (exact) mass is 219 g/mol. The molecule has 0 amide bonds. The van der Waals surface area contributed by atoms with E-state index in [2.05, 4.69) is 20.5 Å². The minimum Gasteiger partial charge on any atom is -0.352 e. The molecule has 2 N–H and O–H groups in total. The standard InChI is InChI=1S/C10H13N5O/c16-10-14-13-8-5-6-11-9(15(8)10)12-7-3-1-2-4-7/h5-7H,1-4H2,(H,11,12)(H,14,16). The van der Waals surface area contributed by atoms with Crippen molar-refractivity contribution in [1.82, 2.24) is 19.6 Å². The van der Waals surface area contributed by atoms with Gasteiger partial charge in [-0.1, -0.05) is 12.8 Å². The number of aromatic nitrogens is 4. The van der Waals surface area contributed by atoms with Gasteiger partial charge in [0.05, 0.1) is 0 Å². The Kier molecular flexibility index (Phi) is 2.12. The molecule has 0 radical (unpaired) electrons. The summed E-state index contributed by atoms with van der Waals surface area (Å²) in [5, 5.41) is 9.62. The molecule has 0 unspecified atom stereocenters. The maximum Gasteiger partial charge on any atom is 0.350 e. The highest BCUT2D eigenvalue weighted by molar-refractivity contribution is 5.43. The Morgan fingerprint density at radius 1 is 1.44 bits per heavy atom. The second kappa shape index (κ2) is 3.62. The molecule has 2 heterocycles. The van der Waals surface area contributed by atoms with Crippen molar-refractivity contribution in [2.24, 2.45) is 0 Å². The SMILES string of the molecule is O=c1[nH]nc2ccnc(NC3CCCC3)n12. The summed E-state index contributed by atoms with van der Waals surface area (Å²) in [5.74, 6) is 0.586. The minimum atomic E-state index is -0.247. The van der Waals surface area contributed by atoms with Crippen LogP contribution in [0.4, 0.5) is 5.95 Å². The van der Waals surface area contributed by atoms with Crippen molar-refractivity contribution in [1.29, 1.82) is 0 Å². The third-order valence-corrected chi connectivity index (χ3v) is 3.02. The van der Waals surface area contributed by atoms with Crippen LogP contribution in [-0.2, 0) is 0 Å². The van der Waals surface area contributed by atoms with E-state index in [-0.39, 0.29) is 5.69 Å². The Balaban J connectivity index is 2.01. The molecule has 6 nitrogen and oxygen atoms in total. The molecule has 16 heavy (non-hydrogen) atoms. The van der Waals surface area contributed by atoms with Gasteiger partial charge < -0.3 is 5.32 Å². The van der Waals surface area contributed by atoms with Crippen molar-refractivity contribution in [3.63, 3.8) is 0 Å². The van der Waals surface area contributed by atoms with E-state index in [9.17, 15) is 4.79 Å². The highest BCUT2D eigenvalue weighted by atomic mass is 16.1. The van der Waals surface area contributed by atoms with Crippen LogP contribution < -0.4 is 11.0 Å². The average molecular weight is 219 g/mol. The van der Waals surface area contributed by atoms with Crippen LogP contribution in [0.2, 0.25) is 0 Å². The topological polar surface area (TPSA) is 75.1 Å². The lowest BCUT2D eigenvalue weighted by atomic mass is 10.2. The first kappa shape index (κ1) is 9.38. The second-order valence-corrected chi connectivity index (χ2v) is 4.12. The number of H-pyrrole nitrogens is 1. The Morgan fingerprint density at radius 3 is 3.06 bits per heavy atom. The van der Waals surface area contributed by atoms with Crippen LogP contribution in [0.15, 0.2) is 17.1 Å². The van der Waals surface area contributed by atoms with Gasteiger partial charge in [0.25, 0.3) is 0 Å². The first-order chi connectivity index (χ1) is 7.84. The van der Waals surface area contributed by atoms with Gasteiger partial charge in [0.1, 0.15) is 0 Å². The minimum absolute atomic E-state index is 0.247. The van der Waals surface area contributed by atoms with Crippen molar-refractivity contribution >= 4 is 11.6 Å². The van der Waals surface area contributed by atoms with Gasteiger partial charge in [-0.2, -0.15) is 5.10 Å². The summed E-state index contributed by atoms with van der Waals surface area (Å²) in [7, 11) is 0. The molecule has 0 aromatic carbocycles. The molecule has 0 bridgehead atoms. The van der Waals surface area contributed by atoms with Gasteiger partial charge in [-0.05, 0) is 12.8 Å². The number of nitrogens with one attached hydrogen (secondary N) is 2. The smallest absolute Gasteiger partial charge is 0.350 e. The molecule has 0 spiro atoms. The van der Waals surface area contributed by atoms with Gasteiger partial charge in [0.2, 0.25) is 5.95 Å². The van der Waals surface area contributed by atoms with E-state index in [0.29, 0.717) is 17.6 Å². The molecule has 1 saturated carbocycles. The summed E-state index contributed by atoms with van der Waals surface area (Å²) in [6.45, 7) is 0. The number of nitrogens with zero attached hydrogens (tertiary/aromatic N) is 3. The van der Waals surface area contributed by atoms with E-state index in [1.54, 1.807) is 12.3 Å². The summed E-state index contributed by atoms with van der Waals surface area (Å²) < 4.78 is 1.47. The molecule has 1 fully saturated rings. The maximum atomic E-state index is 11.5. The van der Waals surface area contributed by atoms with Crippen LogP contribution in [0, 0.1) is 0 Å². The van der Waals surface area contributed by atoms with E-state index in [0.717, 1.165) is 12.8 Å². The highest BCUT2D eigenvalue weighted by Crippen LogP contribution is 2.20. The quantitative estimate of drug-likeness (QED) is 0.782. The number of anilines is 1. The van der Waals surface area contributed by atoms with Crippen LogP contribution in [-0.4, -0.2) is 25.6 Å². The van der Waals surface area contributed by atoms with Crippen molar-refractivity contribution in [3.05, 3.63) is 22.7 Å². The van der Waals surface area contributed by atoms with Gasteiger partial charge in [-0.25, -0.2) is 19.3 Å². The molecule has 2 aromatic heterocycles. The number of hydrogen-bond acceptors (Lipinski definition) is 4. The van der Waals surface area contributed by atoms with Gasteiger partial charge in [0.15, 0.2) is 5.65 Å². The summed E-state index contributed by atoms with van der Waals surface area (Å²) in [6.07, 6.45) is 6.43. The summed E-state index contributed by atoms with van der Waals surface area (Å²) in [6, 6.07) is 2.14. The lowest BCUT2D eigenvalue weighted by Crippen LogP contribution is -2.21. The zero-order valence-corrected chi connectivity index (χ0v) is 8.81. The van der Waals surface area contributed by atoms with Gasteiger partial charge in [-0.15, -0.1) is 0 Å². The third kappa shape index (κ3) is 1.46. The predicted molar refractivity (Wildman–Crippen MR) is 59.5 cm³/mol. The van der Waals surface area contributed by atoms with Crippen molar-refractivity contribution < 1.29 is 0 Å². The summed E-state index contributed by atoms with van der Waals surface area (Å²) in [4.78, 5) is 15.7. The molecule has 84 valence electrons. The van der Waals surface area contributed by atoms with E-state index < -0.39 is 0 Å². The van der Waals surface area contributed by atoms with Crippen molar-refractivity contribution in [2.45, 2.75) is 31.7 Å². The second-order valence-electron chi connectivity index (χ2n) is 4.12. The van der Waals surface area contributed by atoms with Crippen molar-refractivity contribution in [2.75, 3.05) is 5.32 Å². The van der Waals surface area contributed by atoms with Crippen LogP contribution in [0.5, 0.6) is 0 Å². The third-order valence-electron chi connectivity index (χ3n) is 3.02. The Bertz CT molecular complexity index is 552. The Hall–Kier alpha value is -1.85. The maximum absolute atomic E-state index is 11.5. The van der Waals surface area contributed by atoms with E-state index in [1.165, 1.54) is 17.2 Å². The number of hydrogen-bond donors (Lipinski definition) is 2. The van der Waals surface area contributed by atoms with Gasteiger partial charge in [-0.3, -0.25) is 0 Å². The first-order valence-corrected chi connectivity index (χ1v) is 5.53. The summed E-state index contributed by atoms with van der Waals surface area (Å²) >= 11 is 0. The van der Waals surface area contributed by atoms with Gasteiger partial charge >= 0.3 is 5.69 Å². The lowest BCUT2D eigenvalue weighted by molar-refractivity contribution is 0.738. The van der Waals surface area contributed by atoms with E-state index >= 15 is 0 Å². The lowest BCUT2D eigenvalue weighted by Gasteiger charge is -2.12. The fourth-order valence-electron chi connectivity index (χ4n) is 2.21. The molecule has 0 atom stereocenters. The normalized spacial score (nSPS) is 17.0. The molecular formula is C10H13N5O. The Morgan fingerprint density at radius 2 is 2.25 bits per heavy atom. The van der Waals surface area contributed by atoms with Gasteiger partial charge in [0, 0.05) is 18.3 Å². The molecule has 0 aliphatic heterocycles. The van der Waals surface area contributed by atoms with Crippen LogP contribution >= 0.6 is 0 Å². The van der Waals surface area contributed by atoms with E-state index in [1.807, 2.05) is 0 Å². The van der Waals surface area contributed by atoms with Crippen LogP contribution in [0.25, 0.3) is 5.65 Å². The van der Waals surface area contributed by atoms with Crippen LogP contribution in [0.1, 0.15) is 25.7 Å². The molecule has 3 rings (SSSR count). The molecular weight excluding hydrogens is 206 g/mol. The number of rotatable bonds is 2. The largest absolute Gasteiger partial charge is 0.352 e. The highest BCUT2D eigenvalue weighted by Gasteiger charge is 2.16. The fourth-order valence-corrected chi connectivity index (χ4v) is 2.21. The number of aromatic amines is 1. The summed E-state index contributed by atoms with van der Waals surface area (Å²) in [5.41, 5.74) is 0.351. The van der Waals surface area contributed by atoms with Crippen LogP contribution in [0.3, 0.4) is 0 Å². The number of fused-ring (bicyclic) bond motifs is 1.